The van der Waals surface area contributed by atoms with Crippen LogP contribution in [0.3, 0.4) is 0 Å². The number of ether oxygens (including phenoxy) is 1. The van der Waals surface area contributed by atoms with E-state index in [1.54, 1.807) is 0 Å². The fourth-order valence-electron chi connectivity index (χ4n) is 2.61. The second-order valence-corrected chi connectivity index (χ2v) is 6.40. The highest BCUT2D eigenvalue weighted by Crippen LogP contribution is 2.36. The molecule has 0 unspecified atom stereocenters. The van der Waals surface area contributed by atoms with Crippen molar-refractivity contribution in [3.63, 3.8) is 0 Å². The monoisotopic (exact) mass is 293 g/mol. The molecular formula is C11H23N3O4S. The summed E-state index contributed by atoms with van der Waals surface area (Å²) in [5.41, 5.74) is 5.24. The second-order valence-electron chi connectivity index (χ2n) is 4.81. The largest absolute Gasteiger partial charge is 0.452 e. The van der Waals surface area contributed by atoms with Crippen molar-refractivity contribution in [2.75, 3.05) is 20.2 Å². The predicted molar refractivity (Wildman–Crippen MR) is 71.7 cm³/mol. The van der Waals surface area contributed by atoms with E-state index in [1.807, 2.05) is 11.6 Å². The Labute approximate surface area is 114 Å². The summed E-state index contributed by atoms with van der Waals surface area (Å²) in [4.78, 5) is 11.2. The average Bonchev–Trinajstić information content (AvgIpc) is 2.84. The van der Waals surface area contributed by atoms with Crippen LogP contribution in [-0.2, 0) is 14.9 Å². The van der Waals surface area contributed by atoms with Crippen molar-refractivity contribution in [3.8, 4) is 0 Å². The van der Waals surface area contributed by atoms with E-state index in [0.29, 0.717) is 13.0 Å². The normalized spacial score (nSPS) is 18.5. The van der Waals surface area contributed by atoms with Crippen LogP contribution >= 0.6 is 0 Å². The maximum absolute atomic E-state index is 12.3. The number of nitrogens with two attached hydrogens (primary N) is 1. The highest BCUT2D eigenvalue weighted by Gasteiger charge is 2.44. The summed E-state index contributed by atoms with van der Waals surface area (Å²) in [6.07, 6.45) is 3.03. The number of carbonyl (C=O) groups excluding carboxylic acids is 1. The molecule has 0 aliphatic heterocycles. The van der Waals surface area contributed by atoms with Gasteiger partial charge in [-0.2, -0.15) is 12.7 Å². The fraction of sp³-hybridized carbons (Fsp3) is 0.909. The van der Waals surface area contributed by atoms with Gasteiger partial charge in [-0.3, -0.25) is 0 Å². The summed E-state index contributed by atoms with van der Waals surface area (Å²) in [7, 11) is -2.79. The molecule has 112 valence electrons. The number of rotatable bonds is 6. The van der Waals surface area contributed by atoms with Crippen molar-refractivity contribution in [3.05, 3.63) is 0 Å². The molecule has 1 aliphatic carbocycles. The van der Waals surface area contributed by atoms with Gasteiger partial charge in [0.25, 0.3) is 0 Å². The lowest BCUT2D eigenvalue weighted by molar-refractivity contribution is 0.171. The van der Waals surface area contributed by atoms with Crippen molar-refractivity contribution in [2.45, 2.75) is 44.6 Å². The second kappa shape index (κ2) is 6.53. The average molecular weight is 293 g/mol. The molecule has 0 aromatic heterocycles. The van der Waals surface area contributed by atoms with Gasteiger partial charge in [0.15, 0.2) is 0 Å². The summed E-state index contributed by atoms with van der Waals surface area (Å²) >= 11 is 0. The topological polar surface area (TPSA) is 102 Å². The minimum absolute atomic E-state index is 0.259. The Balaban J connectivity index is 3.02. The first-order valence-corrected chi connectivity index (χ1v) is 7.94. The van der Waals surface area contributed by atoms with Crippen molar-refractivity contribution in [1.29, 1.82) is 0 Å². The smallest absolute Gasteiger partial charge is 0.421 e. The molecule has 1 fully saturated rings. The van der Waals surface area contributed by atoms with Gasteiger partial charge >= 0.3 is 16.3 Å². The number of amides is 1. The van der Waals surface area contributed by atoms with Gasteiger partial charge in [0.2, 0.25) is 0 Å². The standard InChI is InChI=1S/C11H23N3O4S/c1-3-8-14(11(9-12)6-4-5-7-11)19(16,17)13-10(15)18-2/h3-9,12H2,1-2H3,(H,13,15). The van der Waals surface area contributed by atoms with E-state index in [0.717, 1.165) is 32.8 Å². The lowest BCUT2D eigenvalue weighted by Gasteiger charge is -2.38. The van der Waals surface area contributed by atoms with E-state index in [-0.39, 0.29) is 6.54 Å². The Morgan fingerprint density at radius 2 is 2.00 bits per heavy atom. The molecule has 0 saturated heterocycles. The molecule has 0 radical (unpaired) electrons. The molecule has 0 atom stereocenters. The van der Waals surface area contributed by atoms with E-state index >= 15 is 0 Å². The van der Waals surface area contributed by atoms with Crippen LogP contribution in [0.4, 0.5) is 4.79 Å². The molecule has 0 aromatic rings. The van der Waals surface area contributed by atoms with E-state index in [9.17, 15) is 13.2 Å². The third-order valence-corrected chi connectivity index (χ3v) is 5.13. The van der Waals surface area contributed by atoms with Crippen molar-refractivity contribution in [2.24, 2.45) is 5.73 Å². The van der Waals surface area contributed by atoms with Crippen LogP contribution in [0, 0.1) is 0 Å². The predicted octanol–water partition coefficient (Wildman–Crippen LogP) is 0.571. The van der Waals surface area contributed by atoms with Gasteiger partial charge in [0, 0.05) is 18.6 Å². The minimum Gasteiger partial charge on any atom is -0.452 e. The van der Waals surface area contributed by atoms with Crippen LogP contribution in [0.5, 0.6) is 0 Å². The van der Waals surface area contributed by atoms with Crippen molar-refractivity contribution in [1.82, 2.24) is 9.03 Å². The molecule has 7 nitrogen and oxygen atoms in total. The highest BCUT2D eigenvalue weighted by atomic mass is 32.2. The molecule has 1 rings (SSSR count). The van der Waals surface area contributed by atoms with Gasteiger partial charge < -0.3 is 10.5 Å². The minimum atomic E-state index is -3.92. The third kappa shape index (κ3) is 3.58. The maximum atomic E-state index is 12.3. The molecule has 8 heteroatoms. The van der Waals surface area contributed by atoms with Gasteiger partial charge in [-0.1, -0.05) is 19.8 Å². The number of hydrogen-bond acceptors (Lipinski definition) is 5. The Morgan fingerprint density at radius 1 is 1.42 bits per heavy atom. The summed E-state index contributed by atoms with van der Waals surface area (Å²) in [5, 5.41) is 0. The Morgan fingerprint density at radius 3 is 2.42 bits per heavy atom. The number of methoxy groups -OCH3 is 1. The molecule has 0 bridgehead atoms. The molecular weight excluding hydrogens is 270 g/mol. The lowest BCUT2D eigenvalue weighted by Crippen LogP contribution is -2.58. The maximum Gasteiger partial charge on any atom is 0.421 e. The quantitative estimate of drug-likeness (QED) is 0.745. The summed E-state index contributed by atoms with van der Waals surface area (Å²) in [6.45, 7) is 2.48. The van der Waals surface area contributed by atoms with Gasteiger partial charge in [0.05, 0.1) is 7.11 Å². The molecule has 0 heterocycles. The number of carbonyl (C=O) groups is 1. The van der Waals surface area contributed by atoms with Crippen LogP contribution in [0.2, 0.25) is 0 Å². The van der Waals surface area contributed by atoms with Gasteiger partial charge in [-0.25, -0.2) is 9.52 Å². The van der Waals surface area contributed by atoms with Crippen LogP contribution in [0.1, 0.15) is 39.0 Å². The summed E-state index contributed by atoms with van der Waals surface area (Å²) in [6, 6.07) is 0. The van der Waals surface area contributed by atoms with Crippen LogP contribution in [-0.4, -0.2) is 44.6 Å². The lowest BCUT2D eigenvalue weighted by atomic mass is 9.98. The first-order chi connectivity index (χ1) is 8.91. The first-order valence-electron chi connectivity index (χ1n) is 6.50. The number of hydrogen-bond donors (Lipinski definition) is 2. The fourth-order valence-corrected chi connectivity index (χ4v) is 4.20. The molecule has 0 aromatic carbocycles. The molecule has 1 amide bonds. The SMILES string of the molecule is CCCN(C1(CN)CCCC1)S(=O)(=O)NC(=O)OC. The molecule has 1 saturated carbocycles. The molecule has 1 aliphatic rings. The number of nitrogens with zero attached hydrogens (tertiary/aromatic N) is 1. The Hall–Kier alpha value is -0.860. The molecule has 3 N–H and O–H groups in total. The van der Waals surface area contributed by atoms with Crippen molar-refractivity contribution >= 4 is 16.3 Å². The number of nitrogens with one attached hydrogen (secondary N) is 1. The van der Waals surface area contributed by atoms with Gasteiger partial charge in [-0.05, 0) is 19.3 Å². The van der Waals surface area contributed by atoms with Crippen LogP contribution in [0.15, 0.2) is 0 Å². The zero-order valence-electron chi connectivity index (χ0n) is 11.5. The summed E-state index contributed by atoms with van der Waals surface area (Å²) < 4.78 is 32.2. The molecule has 19 heavy (non-hydrogen) atoms. The van der Waals surface area contributed by atoms with E-state index in [1.165, 1.54) is 4.31 Å². The van der Waals surface area contributed by atoms with Crippen LogP contribution < -0.4 is 10.5 Å². The van der Waals surface area contributed by atoms with E-state index in [4.69, 9.17) is 5.73 Å². The zero-order valence-corrected chi connectivity index (χ0v) is 12.3. The van der Waals surface area contributed by atoms with E-state index in [2.05, 4.69) is 4.74 Å². The highest BCUT2D eigenvalue weighted by molar-refractivity contribution is 7.87. The van der Waals surface area contributed by atoms with Gasteiger partial charge in [0.1, 0.15) is 0 Å². The Bertz CT molecular complexity index is 404. The Kier molecular flexibility index (Phi) is 5.57. The van der Waals surface area contributed by atoms with Crippen molar-refractivity contribution < 1.29 is 17.9 Å². The zero-order chi connectivity index (χ0) is 14.5. The van der Waals surface area contributed by atoms with Crippen LogP contribution in [0.25, 0.3) is 0 Å². The van der Waals surface area contributed by atoms with Gasteiger partial charge in [-0.15, -0.1) is 0 Å². The first kappa shape index (κ1) is 16.2. The van der Waals surface area contributed by atoms with E-state index < -0.39 is 21.8 Å². The molecule has 0 spiro atoms. The third-order valence-electron chi connectivity index (χ3n) is 3.56. The summed E-state index contributed by atoms with van der Waals surface area (Å²) in [5.74, 6) is 0.